The van der Waals surface area contributed by atoms with E-state index in [1.807, 2.05) is 11.6 Å². The van der Waals surface area contributed by atoms with Crippen LogP contribution in [0.1, 0.15) is 12.6 Å². The van der Waals surface area contributed by atoms with Crippen LogP contribution in [0.3, 0.4) is 0 Å². The molecule has 1 atom stereocenters. The summed E-state index contributed by atoms with van der Waals surface area (Å²) >= 11 is 0. The molecule has 90 valence electrons. The van der Waals surface area contributed by atoms with E-state index in [4.69, 9.17) is 10.5 Å². The Bertz CT molecular complexity index is 350. The maximum absolute atomic E-state index is 5.76. The van der Waals surface area contributed by atoms with Crippen LogP contribution in [-0.2, 0) is 11.3 Å². The van der Waals surface area contributed by atoms with Crippen molar-refractivity contribution in [2.45, 2.75) is 26.4 Å². The Morgan fingerprint density at radius 2 is 2.38 bits per heavy atom. The third kappa shape index (κ3) is 2.36. The zero-order chi connectivity index (χ0) is 11.5. The summed E-state index contributed by atoms with van der Waals surface area (Å²) in [7, 11) is 0. The Kier molecular flexibility index (Phi) is 3.46. The third-order valence-corrected chi connectivity index (χ3v) is 3.25. The molecule has 0 unspecified atom stereocenters. The Hall–Kier alpha value is -1.07. The fourth-order valence-corrected chi connectivity index (χ4v) is 2.00. The molecule has 0 bridgehead atoms. The molecule has 1 saturated heterocycles. The lowest BCUT2D eigenvalue weighted by Gasteiger charge is -2.33. The van der Waals surface area contributed by atoms with Gasteiger partial charge < -0.3 is 10.5 Å². The van der Waals surface area contributed by atoms with Gasteiger partial charge in [-0.1, -0.05) is 0 Å². The van der Waals surface area contributed by atoms with Gasteiger partial charge in [0.05, 0.1) is 37.3 Å². The zero-order valence-electron chi connectivity index (χ0n) is 10.0. The molecule has 1 aromatic rings. The molecule has 0 spiro atoms. The molecule has 0 radical (unpaired) electrons. The molecule has 5 nitrogen and oxygen atoms in total. The number of rotatable bonds is 3. The lowest BCUT2D eigenvalue weighted by atomic mass is 10.2. The van der Waals surface area contributed by atoms with Gasteiger partial charge in [-0.25, -0.2) is 0 Å². The van der Waals surface area contributed by atoms with Crippen LogP contribution in [0.4, 0.5) is 5.69 Å². The maximum Gasteiger partial charge on any atom is 0.0730 e. The van der Waals surface area contributed by atoms with Gasteiger partial charge in [-0.15, -0.1) is 0 Å². The van der Waals surface area contributed by atoms with Crippen LogP contribution in [0.15, 0.2) is 6.20 Å². The van der Waals surface area contributed by atoms with Crippen molar-refractivity contribution in [3.05, 3.63) is 11.9 Å². The van der Waals surface area contributed by atoms with Crippen molar-refractivity contribution < 1.29 is 4.74 Å². The molecule has 0 aliphatic carbocycles. The second kappa shape index (κ2) is 4.84. The maximum atomic E-state index is 5.76. The fourth-order valence-electron chi connectivity index (χ4n) is 2.00. The molecule has 2 N–H and O–H groups in total. The van der Waals surface area contributed by atoms with Gasteiger partial charge in [-0.05, 0) is 13.8 Å². The smallest absolute Gasteiger partial charge is 0.0730 e. The van der Waals surface area contributed by atoms with Gasteiger partial charge >= 0.3 is 0 Å². The number of hydrogen-bond donors (Lipinski definition) is 1. The number of nitrogens with two attached hydrogens (primary N) is 1. The highest BCUT2D eigenvalue weighted by Crippen LogP contribution is 2.10. The van der Waals surface area contributed by atoms with Crippen LogP contribution in [-0.4, -0.2) is 47.0 Å². The van der Waals surface area contributed by atoms with Gasteiger partial charge in [-0.3, -0.25) is 9.58 Å². The normalized spacial score (nSPS) is 22.5. The van der Waals surface area contributed by atoms with Crippen molar-refractivity contribution in [1.29, 1.82) is 0 Å². The number of nitrogen functional groups attached to an aromatic ring is 1. The van der Waals surface area contributed by atoms with E-state index in [1.165, 1.54) is 0 Å². The van der Waals surface area contributed by atoms with Gasteiger partial charge in [0.2, 0.25) is 0 Å². The summed E-state index contributed by atoms with van der Waals surface area (Å²) in [6.45, 7) is 8.79. The quantitative estimate of drug-likeness (QED) is 0.812. The minimum absolute atomic E-state index is 0.502. The summed E-state index contributed by atoms with van der Waals surface area (Å²) < 4.78 is 7.38. The molecule has 5 heteroatoms. The van der Waals surface area contributed by atoms with Crippen LogP contribution in [0.5, 0.6) is 0 Å². The first kappa shape index (κ1) is 11.4. The van der Waals surface area contributed by atoms with Crippen molar-refractivity contribution >= 4 is 5.69 Å². The van der Waals surface area contributed by atoms with Gasteiger partial charge in [0.1, 0.15) is 0 Å². The summed E-state index contributed by atoms with van der Waals surface area (Å²) in [6.07, 6.45) is 1.72. The van der Waals surface area contributed by atoms with Gasteiger partial charge in [-0.2, -0.15) is 5.10 Å². The number of aromatic nitrogens is 2. The van der Waals surface area contributed by atoms with Crippen LogP contribution >= 0.6 is 0 Å². The van der Waals surface area contributed by atoms with Gasteiger partial charge in [0.25, 0.3) is 0 Å². The predicted molar refractivity (Wildman–Crippen MR) is 63.2 cm³/mol. The van der Waals surface area contributed by atoms with E-state index >= 15 is 0 Å². The molecule has 0 amide bonds. The number of morpholine rings is 1. The van der Waals surface area contributed by atoms with Crippen molar-refractivity contribution in [3.8, 4) is 0 Å². The van der Waals surface area contributed by atoms with E-state index < -0.39 is 0 Å². The first-order valence-corrected chi connectivity index (χ1v) is 5.78. The Morgan fingerprint density at radius 1 is 1.56 bits per heavy atom. The number of ether oxygens (including phenoxy) is 1. The molecule has 2 rings (SSSR count). The van der Waals surface area contributed by atoms with Crippen molar-refractivity contribution in [1.82, 2.24) is 14.7 Å². The summed E-state index contributed by atoms with van der Waals surface area (Å²) in [5, 5.41) is 4.26. The highest BCUT2D eigenvalue weighted by Gasteiger charge is 2.18. The van der Waals surface area contributed by atoms with E-state index in [9.17, 15) is 0 Å². The molecule has 1 fully saturated rings. The topological polar surface area (TPSA) is 56.3 Å². The Labute approximate surface area is 96.2 Å². The first-order valence-electron chi connectivity index (χ1n) is 5.78. The third-order valence-electron chi connectivity index (χ3n) is 3.25. The molecular formula is C11H20N4O. The summed E-state index contributed by atoms with van der Waals surface area (Å²) in [5.41, 5.74) is 7.59. The van der Waals surface area contributed by atoms with E-state index in [2.05, 4.69) is 16.9 Å². The summed E-state index contributed by atoms with van der Waals surface area (Å²) in [5.74, 6) is 0. The summed E-state index contributed by atoms with van der Waals surface area (Å²) in [4.78, 5) is 2.43. The number of nitrogens with zero attached hydrogens (tertiary/aromatic N) is 3. The van der Waals surface area contributed by atoms with Gasteiger partial charge in [0, 0.05) is 19.1 Å². The molecule has 0 saturated carbocycles. The second-order valence-corrected chi connectivity index (χ2v) is 4.37. The monoisotopic (exact) mass is 224 g/mol. The van der Waals surface area contributed by atoms with Crippen LogP contribution in [0.2, 0.25) is 0 Å². The highest BCUT2D eigenvalue weighted by molar-refractivity contribution is 5.39. The summed E-state index contributed by atoms with van der Waals surface area (Å²) in [6, 6.07) is 0.502. The largest absolute Gasteiger partial charge is 0.396 e. The van der Waals surface area contributed by atoms with E-state index in [-0.39, 0.29) is 0 Å². The molecular weight excluding hydrogens is 204 g/mol. The number of anilines is 1. The first-order chi connectivity index (χ1) is 7.68. The van der Waals surface area contributed by atoms with Crippen molar-refractivity contribution in [2.75, 3.05) is 32.0 Å². The fraction of sp³-hybridized carbons (Fsp3) is 0.727. The minimum atomic E-state index is 0.502. The Morgan fingerprint density at radius 3 is 3.00 bits per heavy atom. The van der Waals surface area contributed by atoms with Crippen LogP contribution < -0.4 is 5.73 Å². The van der Waals surface area contributed by atoms with Crippen LogP contribution in [0.25, 0.3) is 0 Å². The van der Waals surface area contributed by atoms with Crippen molar-refractivity contribution in [2.24, 2.45) is 0 Å². The lowest BCUT2D eigenvalue weighted by Crippen LogP contribution is -2.45. The molecule has 1 aliphatic rings. The van der Waals surface area contributed by atoms with Crippen LogP contribution in [0, 0.1) is 6.92 Å². The molecule has 2 heterocycles. The minimum Gasteiger partial charge on any atom is -0.396 e. The molecule has 16 heavy (non-hydrogen) atoms. The standard InChI is InChI=1S/C11H20N4O/c1-9-8-16-6-5-14(9)3-4-15-10(2)11(12)7-13-15/h7,9H,3-6,8,12H2,1-2H3/t9-/m1/s1. The molecule has 1 aromatic heterocycles. The highest BCUT2D eigenvalue weighted by atomic mass is 16.5. The molecule has 0 aromatic carbocycles. The van der Waals surface area contributed by atoms with E-state index in [1.54, 1.807) is 6.20 Å². The molecule has 1 aliphatic heterocycles. The van der Waals surface area contributed by atoms with E-state index in [0.717, 1.165) is 44.2 Å². The predicted octanol–water partition coefficient (Wildman–Crippen LogP) is 0.494. The SMILES string of the molecule is Cc1c(N)cnn1CCN1CCOC[C@H]1C. The van der Waals surface area contributed by atoms with Gasteiger partial charge in [0.15, 0.2) is 0 Å². The Balaban J connectivity index is 1.89. The average Bonchev–Trinajstić information content (AvgIpc) is 2.59. The van der Waals surface area contributed by atoms with E-state index in [0.29, 0.717) is 6.04 Å². The number of hydrogen-bond acceptors (Lipinski definition) is 4. The average molecular weight is 224 g/mol. The zero-order valence-corrected chi connectivity index (χ0v) is 10.0. The van der Waals surface area contributed by atoms with Crippen molar-refractivity contribution in [3.63, 3.8) is 0 Å². The lowest BCUT2D eigenvalue weighted by molar-refractivity contribution is -0.00209. The second-order valence-electron chi connectivity index (χ2n) is 4.37.